The molecule has 0 fully saturated rings. The van der Waals surface area contributed by atoms with Gasteiger partial charge in [0.05, 0.1) is 22.6 Å². The van der Waals surface area contributed by atoms with Gasteiger partial charge in [-0.2, -0.15) is 0 Å². The maximum absolute atomic E-state index is 12.8. The van der Waals surface area contributed by atoms with Crippen molar-refractivity contribution >= 4 is 22.9 Å². The second-order valence-corrected chi connectivity index (χ2v) is 6.79. The van der Waals surface area contributed by atoms with E-state index in [1.54, 1.807) is 19.1 Å². The first-order valence-corrected chi connectivity index (χ1v) is 8.53. The second kappa shape index (κ2) is 5.98. The lowest BCUT2D eigenvalue weighted by Crippen LogP contribution is -2.52. The molecule has 6 nitrogen and oxygen atoms in total. The van der Waals surface area contributed by atoms with Crippen molar-refractivity contribution in [3.05, 3.63) is 65.5 Å². The van der Waals surface area contributed by atoms with Crippen LogP contribution in [0.5, 0.6) is 0 Å². The lowest BCUT2D eigenvalue weighted by molar-refractivity contribution is -0.140. The highest BCUT2D eigenvalue weighted by Gasteiger charge is 2.43. The fourth-order valence-corrected chi connectivity index (χ4v) is 3.25. The molecule has 132 valence electrons. The first-order chi connectivity index (χ1) is 12.5. The zero-order valence-corrected chi connectivity index (χ0v) is 14.6. The maximum atomic E-state index is 12.8. The maximum Gasteiger partial charge on any atom is 0.339 e. The van der Waals surface area contributed by atoms with Gasteiger partial charge in [0.1, 0.15) is 5.82 Å². The van der Waals surface area contributed by atoms with E-state index in [0.29, 0.717) is 17.8 Å². The van der Waals surface area contributed by atoms with Crippen LogP contribution in [0.15, 0.2) is 48.5 Å². The summed E-state index contributed by atoms with van der Waals surface area (Å²) in [6, 6.07) is 14.5. The Morgan fingerprint density at radius 3 is 2.77 bits per heavy atom. The van der Waals surface area contributed by atoms with Gasteiger partial charge in [-0.15, -0.1) is 0 Å². The highest BCUT2D eigenvalue weighted by atomic mass is 16.6. The van der Waals surface area contributed by atoms with Crippen molar-refractivity contribution in [3.8, 4) is 0 Å². The Hall–Kier alpha value is -3.15. The molecule has 2 heterocycles. The quantitative estimate of drug-likeness (QED) is 0.712. The number of amides is 1. The molecule has 6 heteroatoms. The minimum absolute atomic E-state index is 0.340. The topological polar surface area (TPSA) is 84.1 Å². The van der Waals surface area contributed by atoms with Crippen molar-refractivity contribution in [2.24, 2.45) is 0 Å². The number of H-pyrrole nitrogens is 1. The van der Waals surface area contributed by atoms with Gasteiger partial charge < -0.3 is 15.0 Å². The van der Waals surface area contributed by atoms with Crippen molar-refractivity contribution in [3.63, 3.8) is 0 Å². The fourth-order valence-electron chi connectivity index (χ4n) is 3.25. The van der Waals surface area contributed by atoms with E-state index < -0.39 is 11.6 Å². The second-order valence-electron chi connectivity index (χ2n) is 6.79. The molecular weight excluding hydrogens is 330 g/mol. The van der Waals surface area contributed by atoms with Gasteiger partial charge in [0.15, 0.2) is 5.60 Å². The molecule has 1 aromatic heterocycles. The summed E-state index contributed by atoms with van der Waals surface area (Å²) in [5.74, 6) is -0.153. The minimum Gasteiger partial charge on any atom is -0.445 e. The fraction of sp³-hybridized carbons (Fsp3) is 0.250. The Bertz CT molecular complexity index is 977. The average Bonchev–Trinajstić information content (AvgIpc) is 3.06. The molecule has 2 aromatic carbocycles. The van der Waals surface area contributed by atoms with Gasteiger partial charge in [0.2, 0.25) is 0 Å². The third-order valence-corrected chi connectivity index (χ3v) is 4.73. The van der Waals surface area contributed by atoms with E-state index in [1.807, 2.05) is 43.3 Å². The number of carbonyl (C=O) groups excluding carboxylic acids is 2. The van der Waals surface area contributed by atoms with Gasteiger partial charge in [-0.3, -0.25) is 4.79 Å². The first-order valence-electron chi connectivity index (χ1n) is 8.53. The third-order valence-electron chi connectivity index (χ3n) is 4.73. The lowest BCUT2D eigenvalue weighted by atomic mass is 9.89. The number of nitrogens with zero attached hydrogens (tertiary/aromatic N) is 1. The van der Waals surface area contributed by atoms with E-state index in [2.05, 4.69) is 15.3 Å². The molecule has 0 radical (unpaired) electrons. The Balaban J connectivity index is 1.55. The molecule has 1 aliphatic rings. The SMILES string of the molecule is CC(NC(=O)C1(C)Cc2ccccc2C(=O)O1)c1nc2ccccc2[nH]1. The summed E-state index contributed by atoms with van der Waals surface area (Å²) in [6.07, 6.45) is 0.341. The van der Waals surface area contributed by atoms with Crippen molar-refractivity contribution in [1.29, 1.82) is 0 Å². The summed E-state index contributed by atoms with van der Waals surface area (Å²) in [6.45, 7) is 3.49. The molecule has 0 bridgehead atoms. The number of imidazole rings is 1. The van der Waals surface area contributed by atoms with Crippen molar-refractivity contribution in [2.45, 2.75) is 31.9 Å². The van der Waals surface area contributed by atoms with E-state index in [9.17, 15) is 9.59 Å². The van der Waals surface area contributed by atoms with Gasteiger partial charge in [-0.25, -0.2) is 9.78 Å². The number of carbonyl (C=O) groups is 2. The lowest BCUT2D eigenvalue weighted by Gasteiger charge is -2.33. The van der Waals surface area contributed by atoms with Crippen molar-refractivity contribution in [2.75, 3.05) is 0 Å². The zero-order valence-electron chi connectivity index (χ0n) is 14.6. The summed E-state index contributed by atoms with van der Waals surface area (Å²) < 4.78 is 5.48. The number of hydrogen-bond donors (Lipinski definition) is 2. The van der Waals surface area contributed by atoms with Crippen LogP contribution in [0.1, 0.15) is 41.6 Å². The van der Waals surface area contributed by atoms with E-state index in [1.165, 1.54) is 0 Å². The number of fused-ring (bicyclic) bond motifs is 2. The minimum atomic E-state index is -1.24. The van der Waals surface area contributed by atoms with Crippen LogP contribution in [-0.4, -0.2) is 27.4 Å². The van der Waals surface area contributed by atoms with Gasteiger partial charge in [0, 0.05) is 6.42 Å². The highest BCUT2D eigenvalue weighted by Crippen LogP contribution is 2.29. The molecule has 1 amide bonds. The summed E-state index contributed by atoms with van der Waals surface area (Å²) in [4.78, 5) is 32.8. The first kappa shape index (κ1) is 16.3. The number of benzene rings is 2. The van der Waals surface area contributed by atoms with E-state index >= 15 is 0 Å². The summed E-state index contributed by atoms with van der Waals surface area (Å²) in [7, 11) is 0. The molecule has 2 N–H and O–H groups in total. The van der Waals surface area contributed by atoms with Crippen LogP contribution in [0.3, 0.4) is 0 Å². The van der Waals surface area contributed by atoms with E-state index in [0.717, 1.165) is 16.6 Å². The Kier molecular flexibility index (Phi) is 3.76. The van der Waals surface area contributed by atoms with Crippen LogP contribution in [0.2, 0.25) is 0 Å². The van der Waals surface area contributed by atoms with Gasteiger partial charge in [-0.05, 0) is 37.6 Å². The molecule has 2 atom stereocenters. The Labute approximate surface area is 150 Å². The van der Waals surface area contributed by atoms with E-state index in [-0.39, 0.29) is 11.9 Å². The van der Waals surface area contributed by atoms with Gasteiger partial charge >= 0.3 is 5.97 Å². The highest BCUT2D eigenvalue weighted by molar-refractivity contribution is 5.97. The van der Waals surface area contributed by atoms with Gasteiger partial charge in [-0.1, -0.05) is 30.3 Å². The molecule has 0 spiro atoms. The van der Waals surface area contributed by atoms with E-state index in [4.69, 9.17) is 4.74 Å². The number of nitrogens with one attached hydrogen (secondary N) is 2. The smallest absolute Gasteiger partial charge is 0.339 e. The third kappa shape index (κ3) is 2.73. The molecule has 0 aliphatic carbocycles. The average molecular weight is 349 g/mol. The largest absolute Gasteiger partial charge is 0.445 e. The predicted octanol–water partition coefficient (Wildman–Crippen LogP) is 2.91. The van der Waals surface area contributed by atoms with Crippen LogP contribution >= 0.6 is 0 Å². The van der Waals surface area contributed by atoms with Crippen LogP contribution in [0.25, 0.3) is 11.0 Å². The van der Waals surface area contributed by atoms with Crippen LogP contribution < -0.4 is 5.32 Å². The monoisotopic (exact) mass is 349 g/mol. The van der Waals surface area contributed by atoms with Crippen molar-refractivity contribution in [1.82, 2.24) is 15.3 Å². The summed E-state index contributed by atoms with van der Waals surface area (Å²) in [5, 5.41) is 2.91. The summed E-state index contributed by atoms with van der Waals surface area (Å²) >= 11 is 0. The van der Waals surface area contributed by atoms with Crippen LogP contribution in [0, 0.1) is 0 Å². The molecule has 0 saturated carbocycles. The zero-order chi connectivity index (χ0) is 18.3. The number of para-hydroxylation sites is 2. The molecule has 4 rings (SSSR count). The normalized spacial score (nSPS) is 20.3. The number of rotatable bonds is 3. The Morgan fingerprint density at radius 2 is 1.96 bits per heavy atom. The number of ether oxygens (including phenoxy) is 1. The number of cyclic esters (lactones) is 1. The number of aromatic amines is 1. The van der Waals surface area contributed by atoms with Gasteiger partial charge in [0.25, 0.3) is 5.91 Å². The number of hydrogen-bond acceptors (Lipinski definition) is 4. The number of aromatic nitrogens is 2. The Morgan fingerprint density at radius 1 is 1.23 bits per heavy atom. The van der Waals surface area contributed by atoms with Crippen LogP contribution in [0.4, 0.5) is 0 Å². The van der Waals surface area contributed by atoms with Crippen LogP contribution in [-0.2, 0) is 16.0 Å². The molecule has 3 aromatic rings. The predicted molar refractivity (Wildman–Crippen MR) is 96.6 cm³/mol. The molecule has 2 unspecified atom stereocenters. The molecule has 26 heavy (non-hydrogen) atoms. The molecule has 0 saturated heterocycles. The van der Waals surface area contributed by atoms with Crippen molar-refractivity contribution < 1.29 is 14.3 Å². The summed E-state index contributed by atoms with van der Waals surface area (Å²) in [5.41, 5.74) is 1.84. The number of esters is 1. The molecular formula is C20H19N3O3. The standard InChI is InChI=1S/C20H19N3O3/c1-12(17-22-15-9-5-6-10-16(15)23-17)21-19(25)20(2)11-13-7-3-4-8-14(13)18(24)26-20/h3-10,12H,11H2,1-2H3,(H,21,25)(H,22,23). The molecule has 1 aliphatic heterocycles.